The summed E-state index contributed by atoms with van der Waals surface area (Å²) >= 11 is 6.06. The highest BCUT2D eigenvalue weighted by molar-refractivity contribution is 7.84. The van der Waals surface area contributed by atoms with Gasteiger partial charge in [-0.05, 0) is 42.3 Å². The number of carbonyl (C=O) groups is 1. The molecular weight excluding hydrogens is 449 g/mol. The van der Waals surface area contributed by atoms with Crippen LogP contribution in [-0.2, 0) is 20.7 Å². The van der Waals surface area contributed by atoms with Crippen LogP contribution in [0.2, 0.25) is 0 Å². The molecule has 2 unspecified atom stereocenters. The normalized spacial score (nSPS) is 14.3. The first-order valence-electron chi connectivity index (χ1n) is 9.37. The molecule has 2 aromatic carbocycles. The summed E-state index contributed by atoms with van der Waals surface area (Å²) < 4.78 is 50.1. The van der Waals surface area contributed by atoms with Crippen LogP contribution in [0.1, 0.15) is 19.4 Å². The van der Waals surface area contributed by atoms with Gasteiger partial charge in [0.25, 0.3) is 0 Å². The Balaban J connectivity index is 1.68. The van der Waals surface area contributed by atoms with E-state index < -0.39 is 37.1 Å². The van der Waals surface area contributed by atoms with E-state index in [0.29, 0.717) is 6.07 Å². The first kappa shape index (κ1) is 23.1. The van der Waals surface area contributed by atoms with Crippen LogP contribution in [0.5, 0.6) is 5.75 Å². The van der Waals surface area contributed by atoms with E-state index in [0.717, 1.165) is 17.0 Å². The van der Waals surface area contributed by atoms with Crippen molar-refractivity contribution in [3.63, 3.8) is 0 Å². The Labute approximate surface area is 182 Å². The molecule has 10 heteroatoms. The predicted octanol–water partition coefficient (Wildman–Crippen LogP) is 5.60. The molecule has 0 bridgehead atoms. The SMILES string of the molecule is CC(C)C(NP(=O)(Cl)Oc1ccc2ncccc2c1)C(=O)OCc1ccc(F)cc1F. The van der Waals surface area contributed by atoms with Gasteiger partial charge in [0.15, 0.2) is 0 Å². The van der Waals surface area contributed by atoms with E-state index >= 15 is 0 Å². The highest BCUT2D eigenvalue weighted by atomic mass is 35.7. The molecule has 1 N–H and O–H groups in total. The fourth-order valence-electron chi connectivity index (χ4n) is 2.79. The molecular formula is C21H20ClF2N2O4P. The van der Waals surface area contributed by atoms with Crippen molar-refractivity contribution in [2.24, 2.45) is 5.92 Å². The van der Waals surface area contributed by atoms with Gasteiger partial charge >= 0.3 is 12.8 Å². The average Bonchev–Trinajstić information content (AvgIpc) is 2.70. The highest BCUT2D eigenvalue weighted by Crippen LogP contribution is 2.49. The average molecular weight is 469 g/mol. The van der Waals surface area contributed by atoms with Gasteiger partial charge in [0.05, 0.1) is 5.52 Å². The first-order chi connectivity index (χ1) is 14.6. The molecule has 0 aliphatic heterocycles. The van der Waals surface area contributed by atoms with Gasteiger partial charge in [-0.3, -0.25) is 9.78 Å². The zero-order valence-corrected chi connectivity index (χ0v) is 18.4. The van der Waals surface area contributed by atoms with Crippen LogP contribution in [0.4, 0.5) is 8.78 Å². The van der Waals surface area contributed by atoms with Gasteiger partial charge in [0.1, 0.15) is 30.0 Å². The Bertz CT molecular complexity index is 1150. The molecule has 1 aromatic heterocycles. The molecule has 0 saturated carbocycles. The van der Waals surface area contributed by atoms with E-state index in [4.69, 9.17) is 20.5 Å². The van der Waals surface area contributed by atoms with Crippen LogP contribution >= 0.6 is 18.1 Å². The zero-order chi connectivity index (χ0) is 22.6. The maximum absolute atomic E-state index is 13.7. The fraction of sp³-hybridized carbons (Fsp3) is 0.238. The number of rotatable bonds is 8. The molecule has 3 rings (SSSR count). The maximum atomic E-state index is 13.7. The standard InChI is InChI=1S/C21H20ClF2N2O4P/c1-13(2)20(21(27)29-12-15-5-6-16(23)11-18(15)24)26-31(22,28)30-17-7-8-19-14(10-17)4-3-9-25-19/h3-11,13,20H,12H2,1-2H3,(H,26,28). The Morgan fingerprint density at radius 3 is 2.68 bits per heavy atom. The first-order valence-corrected chi connectivity index (χ1v) is 11.9. The van der Waals surface area contributed by atoms with E-state index in [-0.39, 0.29) is 17.2 Å². The van der Waals surface area contributed by atoms with Gasteiger partial charge in [-0.2, -0.15) is 0 Å². The molecule has 164 valence electrons. The van der Waals surface area contributed by atoms with Gasteiger partial charge in [0, 0.05) is 34.5 Å². The van der Waals surface area contributed by atoms with E-state index in [1.165, 1.54) is 6.07 Å². The van der Waals surface area contributed by atoms with Crippen molar-refractivity contribution in [1.82, 2.24) is 10.1 Å². The minimum atomic E-state index is -3.99. The molecule has 0 spiro atoms. The van der Waals surface area contributed by atoms with E-state index in [2.05, 4.69) is 10.1 Å². The summed E-state index contributed by atoms with van der Waals surface area (Å²) in [4.78, 5) is 16.7. The summed E-state index contributed by atoms with van der Waals surface area (Å²) in [6, 6.07) is 10.3. The van der Waals surface area contributed by atoms with Crippen LogP contribution in [0.15, 0.2) is 54.7 Å². The maximum Gasteiger partial charge on any atom is 0.409 e. The zero-order valence-electron chi connectivity index (χ0n) is 16.7. The lowest BCUT2D eigenvalue weighted by Gasteiger charge is -2.23. The number of pyridine rings is 1. The topological polar surface area (TPSA) is 77.5 Å². The fourth-order valence-corrected chi connectivity index (χ4v) is 4.52. The van der Waals surface area contributed by atoms with Crippen LogP contribution in [0.25, 0.3) is 10.9 Å². The third kappa shape index (κ3) is 6.23. The van der Waals surface area contributed by atoms with Gasteiger partial charge in [-0.15, -0.1) is 0 Å². The van der Waals surface area contributed by atoms with Crippen molar-refractivity contribution in [2.75, 3.05) is 0 Å². The Morgan fingerprint density at radius 1 is 1.19 bits per heavy atom. The summed E-state index contributed by atoms with van der Waals surface area (Å²) in [6.45, 7) is -1.03. The quantitative estimate of drug-likeness (QED) is 0.343. The lowest BCUT2D eigenvalue weighted by atomic mass is 10.1. The number of fused-ring (bicyclic) bond motifs is 1. The monoisotopic (exact) mass is 468 g/mol. The Morgan fingerprint density at radius 2 is 1.97 bits per heavy atom. The van der Waals surface area contributed by atoms with Crippen LogP contribution in [-0.4, -0.2) is 17.0 Å². The minimum absolute atomic E-state index is 0.00679. The molecule has 31 heavy (non-hydrogen) atoms. The second kappa shape index (κ2) is 9.73. The smallest absolute Gasteiger partial charge is 0.409 e. The number of ether oxygens (including phenoxy) is 1. The molecule has 6 nitrogen and oxygen atoms in total. The van der Waals surface area contributed by atoms with Crippen LogP contribution < -0.4 is 9.61 Å². The largest absolute Gasteiger partial charge is 0.460 e. The third-order valence-electron chi connectivity index (χ3n) is 4.40. The Kier molecular flexibility index (Phi) is 7.26. The molecule has 0 saturated heterocycles. The number of nitrogens with zero attached hydrogens (tertiary/aromatic N) is 1. The number of aromatic nitrogens is 1. The second-order valence-corrected chi connectivity index (χ2v) is 9.86. The number of halogens is 3. The molecule has 0 aliphatic carbocycles. The van der Waals surface area contributed by atoms with Crippen LogP contribution in [0.3, 0.4) is 0 Å². The summed E-state index contributed by atoms with van der Waals surface area (Å²) in [6.07, 6.45) is 1.65. The number of hydrogen-bond acceptors (Lipinski definition) is 5. The predicted molar refractivity (Wildman–Crippen MR) is 114 cm³/mol. The molecule has 0 radical (unpaired) electrons. The minimum Gasteiger partial charge on any atom is -0.460 e. The molecule has 0 fully saturated rings. The van der Waals surface area contributed by atoms with E-state index in [1.807, 2.05) is 6.07 Å². The van der Waals surface area contributed by atoms with Gasteiger partial charge < -0.3 is 9.26 Å². The summed E-state index contributed by atoms with van der Waals surface area (Å²) in [7, 11) is 0. The molecule has 0 aliphatic rings. The van der Waals surface area contributed by atoms with Crippen molar-refractivity contribution in [3.05, 3.63) is 71.9 Å². The van der Waals surface area contributed by atoms with Crippen molar-refractivity contribution in [3.8, 4) is 5.75 Å². The number of esters is 1. The summed E-state index contributed by atoms with van der Waals surface area (Å²) in [5.74, 6) is -2.51. The van der Waals surface area contributed by atoms with Gasteiger partial charge in [0.2, 0.25) is 0 Å². The highest BCUT2D eigenvalue weighted by Gasteiger charge is 2.33. The third-order valence-corrected chi connectivity index (χ3v) is 5.93. The molecule has 2 atom stereocenters. The van der Waals surface area contributed by atoms with Gasteiger partial charge in [-0.25, -0.2) is 18.4 Å². The summed E-state index contributed by atoms with van der Waals surface area (Å²) in [5, 5.41) is 3.27. The Hall–Kier alpha value is -2.54. The van der Waals surface area contributed by atoms with Crippen molar-refractivity contribution in [2.45, 2.75) is 26.5 Å². The number of nitrogens with one attached hydrogen (secondary N) is 1. The number of carbonyl (C=O) groups excluding carboxylic acids is 1. The lowest BCUT2D eigenvalue weighted by Crippen LogP contribution is -2.40. The second-order valence-electron chi connectivity index (χ2n) is 7.12. The molecule has 1 heterocycles. The van der Waals surface area contributed by atoms with Gasteiger partial charge in [-0.1, -0.05) is 19.9 Å². The van der Waals surface area contributed by atoms with E-state index in [9.17, 15) is 18.1 Å². The molecule has 3 aromatic rings. The van der Waals surface area contributed by atoms with Crippen molar-refractivity contribution >= 4 is 35.0 Å². The summed E-state index contributed by atoms with van der Waals surface area (Å²) in [5.41, 5.74) is 0.733. The lowest BCUT2D eigenvalue weighted by molar-refractivity contribution is -0.148. The van der Waals surface area contributed by atoms with Crippen molar-refractivity contribution < 1.29 is 27.4 Å². The van der Waals surface area contributed by atoms with Crippen molar-refractivity contribution in [1.29, 1.82) is 0 Å². The number of benzene rings is 2. The van der Waals surface area contributed by atoms with Crippen LogP contribution in [0, 0.1) is 17.6 Å². The molecule has 0 amide bonds. The number of hydrogen-bond donors (Lipinski definition) is 1. The van der Waals surface area contributed by atoms with E-state index in [1.54, 1.807) is 44.3 Å².